The zero-order chi connectivity index (χ0) is 9.12. The summed E-state index contributed by atoms with van der Waals surface area (Å²) in [5, 5.41) is 0. The van der Waals surface area contributed by atoms with Crippen molar-refractivity contribution in [3.05, 3.63) is 0 Å². The molecule has 0 atom stereocenters. The molecule has 0 saturated heterocycles. The van der Waals surface area contributed by atoms with Gasteiger partial charge in [-0.05, 0) is 12.3 Å². The first-order valence-corrected chi connectivity index (χ1v) is 7.90. The molecule has 11 heavy (non-hydrogen) atoms. The predicted molar refractivity (Wildman–Crippen MR) is 48.4 cm³/mol. The van der Waals surface area contributed by atoms with E-state index in [2.05, 4.69) is 0 Å². The van der Waals surface area contributed by atoms with Crippen LogP contribution in [0.15, 0.2) is 0 Å². The molecule has 0 aliphatic heterocycles. The summed E-state index contributed by atoms with van der Waals surface area (Å²) in [5.74, 6) is 0. The maximum Gasteiger partial charge on any atom is 0.154 e. The summed E-state index contributed by atoms with van der Waals surface area (Å²) in [4.78, 5) is 0. The van der Waals surface area contributed by atoms with Gasteiger partial charge in [-0.1, -0.05) is 13.8 Å². The van der Waals surface area contributed by atoms with E-state index < -0.39 is 17.0 Å². The third-order valence-corrected chi connectivity index (χ3v) is 7.69. The fourth-order valence-electron chi connectivity index (χ4n) is 0.834. The summed E-state index contributed by atoms with van der Waals surface area (Å²) >= 11 is 0. The first kappa shape index (κ1) is 11.2. The van der Waals surface area contributed by atoms with Crippen LogP contribution in [0.2, 0.25) is 0 Å². The highest BCUT2D eigenvalue weighted by atomic mass is 32.2. The molecule has 0 aliphatic rings. The Kier molecular flexibility index (Phi) is 3.78. The van der Waals surface area contributed by atoms with Gasteiger partial charge in [-0.3, -0.25) is 0 Å². The summed E-state index contributed by atoms with van der Waals surface area (Å²) in [6, 6.07) is 0. The highest BCUT2D eigenvalue weighted by Crippen LogP contribution is 2.45. The van der Waals surface area contributed by atoms with Gasteiger partial charge < -0.3 is 4.57 Å². The van der Waals surface area contributed by atoms with Crippen molar-refractivity contribution in [3.63, 3.8) is 0 Å². The molecule has 5 heteroatoms. The standard InChI is InChI=1S/C6H15O3PS/c1-4-10(7,5-2)6-11(3,8)9/h4-6H2,1-3H3. The van der Waals surface area contributed by atoms with Crippen molar-refractivity contribution in [2.75, 3.05) is 24.1 Å². The smallest absolute Gasteiger partial charge is 0.154 e. The molecule has 0 heterocycles. The largest absolute Gasteiger partial charge is 0.323 e. The minimum atomic E-state index is -3.07. The second-order valence-corrected chi connectivity index (χ2v) is 9.01. The van der Waals surface area contributed by atoms with Crippen LogP contribution in [0, 0.1) is 0 Å². The minimum absolute atomic E-state index is 0.132. The molecule has 0 aromatic carbocycles. The Labute approximate surface area is 68.5 Å². The zero-order valence-corrected chi connectivity index (χ0v) is 8.91. The van der Waals surface area contributed by atoms with Crippen LogP contribution in [0.4, 0.5) is 0 Å². The third kappa shape index (κ3) is 4.59. The highest BCUT2D eigenvalue weighted by molar-refractivity contribution is 7.98. The number of rotatable bonds is 4. The molecule has 0 bridgehead atoms. The summed E-state index contributed by atoms with van der Waals surface area (Å²) in [5.41, 5.74) is -0.132. The van der Waals surface area contributed by atoms with Crippen LogP contribution in [0.25, 0.3) is 0 Å². The zero-order valence-electron chi connectivity index (χ0n) is 7.20. The average molecular weight is 198 g/mol. The van der Waals surface area contributed by atoms with E-state index in [1.54, 1.807) is 13.8 Å². The van der Waals surface area contributed by atoms with Crippen LogP contribution in [0.1, 0.15) is 13.8 Å². The van der Waals surface area contributed by atoms with Crippen LogP contribution < -0.4 is 0 Å². The van der Waals surface area contributed by atoms with Crippen molar-refractivity contribution in [2.45, 2.75) is 13.8 Å². The Balaban J connectivity index is 4.47. The van der Waals surface area contributed by atoms with Crippen LogP contribution in [-0.4, -0.2) is 32.5 Å². The van der Waals surface area contributed by atoms with Gasteiger partial charge in [0.25, 0.3) is 0 Å². The van der Waals surface area contributed by atoms with E-state index in [1.807, 2.05) is 0 Å². The first-order chi connectivity index (χ1) is 4.83. The molecule has 0 rings (SSSR count). The third-order valence-electron chi connectivity index (χ3n) is 1.62. The van der Waals surface area contributed by atoms with Gasteiger partial charge in [-0.15, -0.1) is 0 Å². The molecular weight excluding hydrogens is 183 g/mol. The number of hydrogen-bond donors (Lipinski definition) is 0. The first-order valence-electron chi connectivity index (χ1n) is 3.58. The average Bonchev–Trinajstić information content (AvgIpc) is 1.84. The molecule has 0 saturated carbocycles. The lowest BCUT2D eigenvalue weighted by Crippen LogP contribution is -2.06. The Hall–Kier alpha value is 0.180. The lowest BCUT2D eigenvalue weighted by molar-refractivity contribution is 0.576. The molecule has 0 aliphatic carbocycles. The van der Waals surface area contributed by atoms with E-state index in [0.717, 1.165) is 6.26 Å². The van der Waals surface area contributed by atoms with E-state index in [9.17, 15) is 13.0 Å². The molecule has 0 fully saturated rings. The van der Waals surface area contributed by atoms with Crippen LogP contribution in [-0.2, 0) is 14.4 Å². The second kappa shape index (κ2) is 3.72. The number of hydrogen-bond acceptors (Lipinski definition) is 3. The fraction of sp³-hybridized carbons (Fsp3) is 1.00. The molecule has 0 aromatic heterocycles. The molecule has 0 N–H and O–H groups in total. The van der Waals surface area contributed by atoms with Gasteiger partial charge in [0.05, 0.1) is 0 Å². The van der Waals surface area contributed by atoms with Gasteiger partial charge in [0, 0.05) is 6.26 Å². The molecule has 0 unspecified atom stereocenters. The topological polar surface area (TPSA) is 51.2 Å². The van der Waals surface area contributed by atoms with E-state index in [4.69, 9.17) is 0 Å². The molecule has 0 spiro atoms. The Bertz CT molecular complexity index is 247. The van der Waals surface area contributed by atoms with Crippen LogP contribution >= 0.6 is 7.14 Å². The lowest BCUT2D eigenvalue weighted by Gasteiger charge is -2.11. The van der Waals surface area contributed by atoms with Crippen molar-refractivity contribution in [2.24, 2.45) is 0 Å². The Morgan fingerprint density at radius 3 is 1.64 bits per heavy atom. The normalized spacial score (nSPS) is 13.4. The molecule has 0 aromatic rings. The predicted octanol–water partition coefficient (Wildman–Crippen LogP) is 1.39. The van der Waals surface area contributed by atoms with Gasteiger partial charge in [0.1, 0.15) is 12.6 Å². The fourth-order valence-corrected chi connectivity index (χ4v) is 6.16. The van der Waals surface area contributed by atoms with Crippen molar-refractivity contribution < 1.29 is 13.0 Å². The quantitative estimate of drug-likeness (QED) is 0.641. The van der Waals surface area contributed by atoms with Crippen LogP contribution in [0.3, 0.4) is 0 Å². The molecule has 3 nitrogen and oxygen atoms in total. The Morgan fingerprint density at radius 1 is 1.18 bits per heavy atom. The highest BCUT2D eigenvalue weighted by Gasteiger charge is 2.22. The summed E-state index contributed by atoms with van der Waals surface area (Å²) < 4.78 is 33.2. The van der Waals surface area contributed by atoms with Gasteiger partial charge in [-0.2, -0.15) is 0 Å². The summed E-state index contributed by atoms with van der Waals surface area (Å²) in [7, 11) is -5.46. The van der Waals surface area contributed by atoms with E-state index >= 15 is 0 Å². The van der Waals surface area contributed by atoms with Crippen molar-refractivity contribution >= 4 is 17.0 Å². The summed E-state index contributed by atoms with van der Waals surface area (Å²) in [6.07, 6.45) is 2.10. The molecule has 0 radical (unpaired) electrons. The minimum Gasteiger partial charge on any atom is -0.323 e. The van der Waals surface area contributed by atoms with Crippen molar-refractivity contribution in [3.8, 4) is 0 Å². The Morgan fingerprint density at radius 2 is 1.55 bits per heavy atom. The van der Waals surface area contributed by atoms with Crippen molar-refractivity contribution in [1.29, 1.82) is 0 Å². The van der Waals surface area contributed by atoms with Crippen molar-refractivity contribution in [1.82, 2.24) is 0 Å². The van der Waals surface area contributed by atoms with E-state index in [1.165, 1.54) is 0 Å². The molecule has 0 amide bonds. The van der Waals surface area contributed by atoms with Crippen LogP contribution in [0.5, 0.6) is 0 Å². The van der Waals surface area contributed by atoms with Gasteiger partial charge in [-0.25, -0.2) is 8.42 Å². The van der Waals surface area contributed by atoms with E-state index in [-0.39, 0.29) is 5.49 Å². The number of sulfone groups is 1. The van der Waals surface area contributed by atoms with Gasteiger partial charge in [0.2, 0.25) is 0 Å². The second-order valence-electron chi connectivity index (χ2n) is 2.75. The maximum atomic E-state index is 11.6. The molecule has 68 valence electrons. The SMILES string of the molecule is CCP(=O)(CC)CS(C)(=O)=O. The van der Waals surface area contributed by atoms with Gasteiger partial charge >= 0.3 is 0 Å². The monoisotopic (exact) mass is 198 g/mol. The lowest BCUT2D eigenvalue weighted by atomic mass is 11.0. The maximum absolute atomic E-state index is 11.6. The van der Waals surface area contributed by atoms with Gasteiger partial charge in [0.15, 0.2) is 9.84 Å². The molecular formula is C6H15O3PS. The van der Waals surface area contributed by atoms with E-state index in [0.29, 0.717) is 12.3 Å². The summed E-state index contributed by atoms with van der Waals surface area (Å²) in [6.45, 7) is 3.55.